The highest BCUT2D eigenvalue weighted by atomic mass is 16.5. The summed E-state index contributed by atoms with van der Waals surface area (Å²) in [6, 6.07) is 0. The predicted molar refractivity (Wildman–Crippen MR) is 44.3 cm³/mol. The summed E-state index contributed by atoms with van der Waals surface area (Å²) in [7, 11) is 0. The minimum absolute atomic E-state index is 0.592. The largest absolute Gasteiger partial charge is 0.624 e. The fourth-order valence-corrected chi connectivity index (χ4v) is 0.580. The molecule has 0 N–H and O–H groups in total. The van der Waals surface area contributed by atoms with Crippen LogP contribution < -0.4 is 0 Å². The van der Waals surface area contributed by atoms with Crippen LogP contribution in [0.25, 0.3) is 0 Å². The van der Waals surface area contributed by atoms with Gasteiger partial charge in [-0.1, -0.05) is 19.9 Å². The fraction of sp³-hybridized carbons (Fsp3) is 0.625. The van der Waals surface area contributed by atoms with E-state index in [-0.39, 0.29) is 0 Å². The molecule has 0 rings (SSSR count). The minimum Gasteiger partial charge on any atom is -0.624 e. The van der Waals surface area contributed by atoms with E-state index in [1.165, 1.54) is 0 Å². The van der Waals surface area contributed by atoms with Gasteiger partial charge in [-0.3, -0.25) is 0 Å². The molecule has 0 bridgehead atoms. The summed E-state index contributed by atoms with van der Waals surface area (Å²) in [6.45, 7) is 7.94. The first kappa shape index (κ1) is 9.21. The average molecular weight is 141 g/mol. The molecule has 0 aromatic carbocycles. The first-order valence-corrected chi connectivity index (χ1v) is 3.63. The molecule has 0 heterocycles. The predicted octanol–water partition coefficient (Wildman–Crippen LogP) is 1.94. The number of hydrogen-bond acceptors (Lipinski definition) is 1. The summed E-state index contributed by atoms with van der Waals surface area (Å²) in [6.07, 6.45) is 3.60. The molecule has 0 atom stereocenters. The molecule has 0 aromatic heterocycles. The van der Waals surface area contributed by atoms with Crippen LogP contribution in [0.5, 0.6) is 0 Å². The first-order chi connectivity index (χ1) is 4.72. The van der Waals surface area contributed by atoms with Gasteiger partial charge in [0.05, 0.1) is 0 Å². The number of allylic oxidation sites excluding steroid dienone is 1. The lowest BCUT2D eigenvalue weighted by molar-refractivity contribution is -0.457. The van der Waals surface area contributed by atoms with Crippen molar-refractivity contribution in [1.29, 1.82) is 0 Å². The topological polar surface area (TPSA) is 26.1 Å². The van der Waals surface area contributed by atoms with E-state index in [1.54, 1.807) is 13.0 Å². The highest BCUT2D eigenvalue weighted by Crippen LogP contribution is 1.88. The van der Waals surface area contributed by atoms with Crippen molar-refractivity contribution in [1.82, 2.24) is 0 Å². The smallest absolute Gasteiger partial charge is 0.183 e. The zero-order valence-corrected chi connectivity index (χ0v) is 6.76. The highest BCUT2D eigenvalue weighted by Gasteiger charge is 1.95. The van der Waals surface area contributed by atoms with Crippen molar-refractivity contribution >= 4 is 5.71 Å². The molecule has 0 aliphatic carbocycles. The molecule has 0 fully saturated rings. The maximum Gasteiger partial charge on any atom is 0.183 e. The van der Waals surface area contributed by atoms with Gasteiger partial charge in [0.25, 0.3) is 0 Å². The van der Waals surface area contributed by atoms with E-state index in [4.69, 9.17) is 0 Å². The summed E-state index contributed by atoms with van der Waals surface area (Å²) >= 11 is 0. The third kappa shape index (κ3) is 3.28. The van der Waals surface area contributed by atoms with Crippen molar-refractivity contribution in [2.24, 2.45) is 0 Å². The zero-order chi connectivity index (χ0) is 7.98. The van der Waals surface area contributed by atoms with Crippen molar-refractivity contribution in [2.45, 2.75) is 26.7 Å². The Labute approximate surface area is 62.5 Å². The summed E-state index contributed by atoms with van der Waals surface area (Å²) in [4.78, 5) is 0. The Kier molecular flexibility index (Phi) is 4.63. The number of hydrogen-bond donors (Lipinski definition) is 0. The minimum atomic E-state index is 0.592. The number of unbranched alkanes of at least 4 members (excludes halogenated alkanes) is 1. The SMILES string of the molecule is C=C/C(C)=[N+](/[O-])CCCC. The van der Waals surface area contributed by atoms with E-state index in [0.29, 0.717) is 12.3 Å². The molecule has 10 heavy (non-hydrogen) atoms. The van der Waals surface area contributed by atoms with E-state index < -0.39 is 0 Å². The Hall–Kier alpha value is -0.790. The van der Waals surface area contributed by atoms with Crippen molar-refractivity contribution in [3.05, 3.63) is 17.9 Å². The van der Waals surface area contributed by atoms with Gasteiger partial charge in [-0.05, 0) is 6.08 Å². The highest BCUT2D eigenvalue weighted by molar-refractivity contribution is 5.87. The molecule has 0 amide bonds. The molecule has 0 saturated heterocycles. The lowest BCUT2D eigenvalue weighted by atomic mass is 10.3. The van der Waals surface area contributed by atoms with E-state index in [1.807, 2.05) is 0 Å². The van der Waals surface area contributed by atoms with Crippen LogP contribution in [0.3, 0.4) is 0 Å². The molecular formula is C8H15NO. The molecule has 0 saturated carbocycles. The lowest BCUT2D eigenvalue weighted by Crippen LogP contribution is -2.11. The van der Waals surface area contributed by atoms with Gasteiger partial charge >= 0.3 is 0 Å². The van der Waals surface area contributed by atoms with Gasteiger partial charge < -0.3 is 5.21 Å². The molecule has 0 aliphatic heterocycles. The van der Waals surface area contributed by atoms with E-state index in [0.717, 1.165) is 17.6 Å². The van der Waals surface area contributed by atoms with Crippen molar-refractivity contribution in [3.8, 4) is 0 Å². The number of rotatable bonds is 4. The zero-order valence-electron chi connectivity index (χ0n) is 6.76. The summed E-state index contributed by atoms with van der Waals surface area (Å²) < 4.78 is 0.983. The Balaban J connectivity index is 3.79. The van der Waals surface area contributed by atoms with Gasteiger partial charge in [-0.15, -0.1) is 0 Å². The van der Waals surface area contributed by atoms with Crippen LogP contribution in [0.4, 0.5) is 0 Å². The third-order valence-corrected chi connectivity index (χ3v) is 1.40. The molecule has 2 heteroatoms. The summed E-state index contributed by atoms with van der Waals surface area (Å²) in [5.41, 5.74) is 0.702. The second-order valence-corrected chi connectivity index (χ2v) is 2.30. The van der Waals surface area contributed by atoms with Gasteiger partial charge in [-0.2, -0.15) is 0 Å². The van der Waals surface area contributed by atoms with E-state index >= 15 is 0 Å². The molecular weight excluding hydrogens is 126 g/mol. The molecule has 2 nitrogen and oxygen atoms in total. The number of nitrogens with zero attached hydrogens (tertiary/aromatic N) is 1. The van der Waals surface area contributed by atoms with Gasteiger partial charge in [0.1, 0.15) is 0 Å². The monoisotopic (exact) mass is 141 g/mol. The molecule has 0 aliphatic rings. The second kappa shape index (κ2) is 5.03. The Morgan fingerprint density at radius 3 is 2.70 bits per heavy atom. The molecule has 0 unspecified atom stereocenters. The molecule has 0 aromatic rings. The first-order valence-electron chi connectivity index (χ1n) is 3.63. The van der Waals surface area contributed by atoms with Crippen LogP contribution in [0.1, 0.15) is 26.7 Å². The van der Waals surface area contributed by atoms with Crippen molar-refractivity contribution < 1.29 is 4.74 Å². The van der Waals surface area contributed by atoms with E-state index in [2.05, 4.69) is 13.5 Å². The van der Waals surface area contributed by atoms with Gasteiger partial charge in [0.2, 0.25) is 0 Å². The van der Waals surface area contributed by atoms with Gasteiger partial charge in [0.15, 0.2) is 12.3 Å². The van der Waals surface area contributed by atoms with Crippen LogP contribution in [0.15, 0.2) is 12.7 Å². The summed E-state index contributed by atoms with van der Waals surface area (Å²) in [5.74, 6) is 0. The van der Waals surface area contributed by atoms with Gasteiger partial charge in [0, 0.05) is 13.3 Å². The number of hydroxylamine groups is 1. The van der Waals surface area contributed by atoms with Crippen LogP contribution in [0, 0.1) is 5.21 Å². The normalized spacial score (nSPS) is 12.6. The standard InChI is InChI=1S/C8H15NO/c1-4-6-7-9(10)8(3)5-2/h5H,2,4,6-7H2,1,3H3/b9-8+. The van der Waals surface area contributed by atoms with Crippen molar-refractivity contribution in [2.75, 3.05) is 6.54 Å². The van der Waals surface area contributed by atoms with E-state index in [9.17, 15) is 5.21 Å². The van der Waals surface area contributed by atoms with Crippen LogP contribution in [0.2, 0.25) is 0 Å². The van der Waals surface area contributed by atoms with Gasteiger partial charge in [-0.25, -0.2) is 4.74 Å². The molecule has 0 radical (unpaired) electrons. The van der Waals surface area contributed by atoms with Crippen LogP contribution in [-0.2, 0) is 0 Å². The van der Waals surface area contributed by atoms with Crippen LogP contribution >= 0.6 is 0 Å². The fourth-order valence-electron chi connectivity index (χ4n) is 0.580. The quantitative estimate of drug-likeness (QED) is 0.254. The third-order valence-electron chi connectivity index (χ3n) is 1.40. The van der Waals surface area contributed by atoms with Crippen LogP contribution in [-0.4, -0.2) is 17.0 Å². The second-order valence-electron chi connectivity index (χ2n) is 2.30. The Morgan fingerprint density at radius 2 is 2.30 bits per heavy atom. The Bertz CT molecular complexity index is 138. The maximum absolute atomic E-state index is 10.9. The average Bonchev–Trinajstić information content (AvgIpc) is 1.98. The summed E-state index contributed by atoms with van der Waals surface area (Å²) in [5, 5.41) is 10.9. The lowest BCUT2D eigenvalue weighted by Gasteiger charge is -2.03. The maximum atomic E-state index is 10.9. The van der Waals surface area contributed by atoms with Crippen molar-refractivity contribution in [3.63, 3.8) is 0 Å². The Morgan fingerprint density at radius 1 is 1.70 bits per heavy atom. The molecule has 0 spiro atoms. The molecule has 58 valence electrons.